The Morgan fingerprint density at radius 1 is 0.968 bits per heavy atom. The number of amides is 2. The molecule has 31 heavy (non-hydrogen) atoms. The molecule has 0 saturated heterocycles. The highest BCUT2D eigenvalue weighted by molar-refractivity contribution is 6.05. The number of hydrogen-bond acceptors (Lipinski definition) is 5. The second-order valence-electron chi connectivity index (χ2n) is 6.68. The number of hydrogen-bond donors (Lipinski definition) is 2. The van der Waals surface area contributed by atoms with Gasteiger partial charge in [0, 0.05) is 11.6 Å². The van der Waals surface area contributed by atoms with Gasteiger partial charge < -0.3 is 19.8 Å². The first kappa shape index (κ1) is 21.6. The van der Waals surface area contributed by atoms with Gasteiger partial charge in [0.15, 0.2) is 0 Å². The molecule has 7 heteroatoms. The summed E-state index contributed by atoms with van der Waals surface area (Å²) in [5.74, 6) is -1.33. The fraction of sp³-hybridized carbons (Fsp3) is 0.125. The van der Waals surface area contributed by atoms with E-state index in [0.717, 1.165) is 5.56 Å². The van der Waals surface area contributed by atoms with Gasteiger partial charge in [0.05, 0.1) is 6.26 Å². The minimum Gasteiger partial charge on any atom is -0.465 e. The highest BCUT2D eigenvalue weighted by Crippen LogP contribution is 2.09. The van der Waals surface area contributed by atoms with Gasteiger partial charge in [-0.2, -0.15) is 0 Å². The molecule has 158 valence electrons. The van der Waals surface area contributed by atoms with Crippen molar-refractivity contribution in [2.24, 2.45) is 0 Å². The van der Waals surface area contributed by atoms with Crippen molar-refractivity contribution >= 4 is 23.9 Å². The molecule has 0 aliphatic heterocycles. The van der Waals surface area contributed by atoms with Gasteiger partial charge in [-0.15, -0.1) is 0 Å². The van der Waals surface area contributed by atoms with Crippen LogP contribution >= 0.6 is 0 Å². The molecule has 2 amide bonds. The van der Waals surface area contributed by atoms with Crippen molar-refractivity contribution < 1.29 is 23.5 Å². The smallest absolute Gasteiger partial charge is 0.328 e. The predicted molar refractivity (Wildman–Crippen MR) is 114 cm³/mol. The first-order chi connectivity index (χ1) is 15.0. The van der Waals surface area contributed by atoms with Crippen molar-refractivity contribution in [3.05, 3.63) is 102 Å². The molecule has 0 saturated carbocycles. The van der Waals surface area contributed by atoms with Gasteiger partial charge >= 0.3 is 5.97 Å². The Labute approximate surface area is 179 Å². The number of esters is 1. The van der Waals surface area contributed by atoms with Crippen LogP contribution in [-0.4, -0.2) is 23.8 Å². The highest BCUT2D eigenvalue weighted by atomic mass is 16.5. The van der Waals surface area contributed by atoms with E-state index in [4.69, 9.17) is 9.15 Å². The summed E-state index contributed by atoms with van der Waals surface area (Å²) in [7, 11) is 0. The van der Waals surface area contributed by atoms with Gasteiger partial charge in [-0.25, -0.2) is 4.79 Å². The Balaban J connectivity index is 1.66. The van der Waals surface area contributed by atoms with Crippen LogP contribution in [0.25, 0.3) is 6.08 Å². The van der Waals surface area contributed by atoms with Crippen LogP contribution in [0.5, 0.6) is 0 Å². The number of carbonyl (C=O) groups excluding carboxylic acids is 3. The molecule has 0 spiro atoms. The lowest BCUT2D eigenvalue weighted by molar-refractivity contribution is -0.148. The lowest BCUT2D eigenvalue weighted by Gasteiger charge is -2.15. The van der Waals surface area contributed by atoms with Gasteiger partial charge in [0.25, 0.3) is 11.8 Å². The summed E-state index contributed by atoms with van der Waals surface area (Å²) < 4.78 is 10.5. The average Bonchev–Trinajstić information content (AvgIpc) is 3.31. The third kappa shape index (κ3) is 6.43. The van der Waals surface area contributed by atoms with Crippen molar-refractivity contribution in [1.82, 2.24) is 10.6 Å². The molecule has 0 bridgehead atoms. The summed E-state index contributed by atoms with van der Waals surface area (Å²) >= 11 is 0. The quantitative estimate of drug-likeness (QED) is 0.432. The van der Waals surface area contributed by atoms with Crippen LogP contribution in [0.3, 0.4) is 0 Å². The van der Waals surface area contributed by atoms with Crippen LogP contribution in [0.15, 0.2) is 89.2 Å². The lowest BCUT2D eigenvalue weighted by Crippen LogP contribution is -2.43. The summed E-state index contributed by atoms with van der Waals surface area (Å²) in [5, 5.41) is 5.12. The van der Waals surface area contributed by atoms with Crippen molar-refractivity contribution in [3.8, 4) is 0 Å². The van der Waals surface area contributed by atoms with E-state index >= 15 is 0 Å². The largest absolute Gasteiger partial charge is 0.465 e. The van der Waals surface area contributed by atoms with Gasteiger partial charge in [0.2, 0.25) is 0 Å². The molecule has 0 radical (unpaired) electrons. The third-order valence-corrected chi connectivity index (χ3v) is 4.28. The molecule has 0 aliphatic carbocycles. The molecule has 1 aromatic heterocycles. The van der Waals surface area contributed by atoms with E-state index in [1.807, 2.05) is 30.3 Å². The van der Waals surface area contributed by atoms with Crippen molar-refractivity contribution in [1.29, 1.82) is 0 Å². The van der Waals surface area contributed by atoms with E-state index in [9.17, 15) is 14.4 Å². The maximum atomic E-state index is 12.8. The topological polar surface area (TPSA) is 97.6 Å². The van der Waals surface area contributed by atoms with E-state index in [-0.39, 0.29) is 12.3 Å². The second-order valence-corrected chi connectivity index (χ2v) is 6.68. The van der Waals surface area contributed by atoms with Crippen molar-refractivity contribution in [2.75, 3.05) is 0 Å². The monoisotopic (exact) mass is 418 g/mol. The molecule has 1 unspecified atom stereocenters. The fourth-order valence-electron chi connectivity index (χ4n) is 2.65. The molecular weight excluding hydrogens is 396 g/mol. The third-order valence-electron chi connectivity index (χ3n) is 4.28. The lowest BCUT2D eigenvalue weighted by atomic mass is 10.2. The number of furan rings is 1. The Bertz CT molecular complexity index is 1040. The van der Waals surface area contributed by atoms with Gasteiger partial charge in [0.1, 0.15) is 24.1 Å². The molecule has 0 fully saturated rings. The highest BCUT2D eigenvalue weighted by Gasteiger charge is 2.21. The Kier molecular flexibility index (Phi) is 7.37. The van der Waals surface area contributed by atoms with Crippen LogP contribution < -0.4 is 10.6 Å². The van der Waals surface area contributed by atoms with Crippen LogP contribution in [0.1, 0.15) is 28.6 Å². The number of benzene rings is 2. The zero-order valence-corrected chi connectivity index (χ0v) is 16.9. The summed E-state index contributed by atoms with van der Waals surface area (Å²) in [4.78, 5) is 37.6. The molecule has 3 rings (SSSR count). The normalized spacial score (nSPS) is 12.0. The minimum atomic E-state index is -0.926. The summed E-state index contributed by atoms with van der Waals surface area (Å²) in [6.07, 6.45) is 2.84. The second kappa shape index (κ2) is 10.6. The molecule has 1 atom stereocenters. The van der Waals surface area contributed by atoms with Crippen molar-refractivity contribution in [3.63, 3.8) is 0 Å². The average molecular weight is 418 g/mol. The molecular formula is C24H22N2O5. The summed E-state index contributed by atoms with van der Waals surface area (Å²) in [6, 6.07) is 20.1. The maximum absolute atomic E-state index is 12.8. The molecule has 3 aromatic rings. The van der Waals surface area contributed by atoms with Crippen LogP contribution in [0.4, 0.5) is 0 Å². The number of nitrogens with one attached hydrogen (secondary N) is 2. The van der Waals surface area contributed by atoms with Gasteiger partial charge in [-0.1, -0.05) is 48.5 Å². The maximum Gasteiger partial charge on any atom is 0.328 e. The predicted octanol–water partition coefficient (Wildman–Crippen LogP) is 3.30. The Morgan fingerprint density at radius 3 is 2.29 bits per heavy atom. The Morgan fingerprint density at radius 2 is 1.65 bits per heavy atom. The standard InChI is InChI=1S/C24H22N2O5/c1-17(24(29)31-16-18-9-4-2-5-10-18)25-23(28)21(15-20-13-8-14-30-20)26-22(27)19-11-6-3-7-12-19/h2-15,17H,16H2,1H3,(H,25,28)(H,26,27). The van der Waals surface area contributed by atoms with E-state index in [1.165, 1.54) is 19.3 Å². The molecule has 2 aromatic carbocycles. The number of carbonyl (C=O) groups is 3. The zero-order chi connectivity index (χ0) is 22.1. The SMILES string of the molecule is CC(NC(=O)C(=Cc1ccco1)NC(=O)c1ccccc1)C(=O)OCc1ccccc1. The first-order valence-corrected chi connectivity index (χ1v) is 9.66. The van der Waals surface area contributed by atoms with Crippen LogP contribution in [0.2, 0.25) is 0 Å². The zero-order valence-electron chi connectivity index (χ0n) is 16.9. The van der Waals surface area contributed by atoms with Gasteiger partial charge in [-0.3, -0.25) is 9.59 Å². The Hall–Kier alpha value is -4.13. The molecule has 0 aliphatic rings. The van der Waals surface area contributed by atoms with E-state index in [1.54, 1.807) is 42.5 Å². The van der Waals surface area contributed by atoms with Crippen LogP contribution in [-0.2, 0) is 20.9 Å². The number of ether oxygens (including phenoxy) is 1. The van der Waals surface area contributed by atoms with E-state index in [0.29, 0.717) is 11.3 Å². The molecule has 1 heterocycles. The molecule has 2 N–H and O–H groups in total. The van der Waals surface area contributed by atoms with E-state index < -0.39 is 23.8 Å². The van der Waals surface area contributed by atoms with E-state index in [2.05, 4.69) is 10.6 Å². The van der Waals surface area contributed by atoms with Gasteiger partial charge in [-0.05, 0) is 36.8 Å². The summed E-state index contributed by atoms with van der Waals surface area (Å²) in [5.41, 5.74) is 1.16. The van der Waals surface area contributed by atoms with Crippen LogP contribution in [0, 0.1) is 0 Å². The first-order valence-electron chi connectivity index (χ1n) is 9.66. The fourth-order valence-corrected chi connectivity index (χ4v) is 2.65. The van der Waals surface area contributed by atoms with Crippen molar-refractivity contribution in [2.45, 2.75) is 19.6 Å². The summed E-state index contributed by atoms with van der Waals surface area (Å²) in [6.45, 7) is 1.61. The minimum absolute atomic E-state index is 0.0634. The number of rotatable bonds is 8. The molecule has 7 nitrogen and oxygen atoms in total.